The van der Waals surface area contributed by atoms with Gasteiger partial charge in [0.2, 0.25) is 5.91 Å². The van der Waals surface area contributed by atoms with Crippen molar-refractivity contribution in [2.45, 2.75) is 26.2 Å². The van der Waals surface area contributed by atoms with E-state index in [0.29, 0.717) is 6.42 Å². The lowest BCUT2D eigenvalue weighted by Crippen LogP contribution is -2.25. The maximum absolute atomic E-state index is 11.6. The molecule has 0 spiro atoms. The summed E-state index contributed by atoms with van der Waals surface area (Å²) in [6.07, 6.45) is 6.01. The lowest BCUT2D eigenvalue weighted by Gasteiger charge is -2.16. The molecule has 0 aliphatic carbocycles. The van der Waals surface area contributed by atoms with E-state index in [0.717, 1.165) is 18.5 Å². The van der Waals surface area contributed by atoms with Crippen LogP contribution in [0.4, 0.5) is 5.69 Å². The maximum atomic E-state index is 11.6. The topological polar surface area (TPSA) is 33.2 Å². The zero-order valence-corrected chi connectivity index (χ0v) is 8.73. The number of rotatable bonds is 4. The molecular formula is C11H16N2O. The summed E-state index contributed by atoms with van der Waals surface area (Å²) >= 11 is 0. The first-order valence-electron chi connectivity index (χ1n) is 4.92. The van der Waals surface area contributed by atoms with Crippen molar-refractivity contribution >= 4 is 11.6 Å². The van der Waals surface area contributed by atoms with Gasteiger partial charge in [-0.25, -0.2) is 0 Å². The summed E-state index contributed by atoms with van der Waals surface area (Å²) in [5.74, 6) is 0.153. The molecule has 1 amide bonds. The van der Waals surface area contributed by atoms with Gasteiger partial charge in [-0.15, -0.1) is 0 Å². The second kappa shape index (κ2) is 5.37. The maximum Gasteiger partial charge on any atom is 0.226 e. The number of pyridine rings is 1. The van der Waals surface area contributed by atoms with Gasteiger partial charge in [-0.05, 0) is 18.6 Å². The predicted octanol–water partition coefficient (Wildman–Crippen LogP) is 2.23. The summed E-state index contributed by atoms with van der Waals surface area (Å²) in [5, 5.41) is 0. The van der Waals surface area contributed by atoms with Crippen LogP contribution < -0.4 is 4.90 Å². The van der Waals surface area contributed by atoms with Gasteiger partial charge in [0.05, 0.1) is 11.9 Å². The largest absolute Gasteiger partial charge is 0.314 e. The van der Waals surface area contributed by atoms with Crippen LogP contribution in [0.25, 0.3) is 0 Å². The average molecular weight is 192 g/mol. The molecule has 3 heteroatoms. The van der Waals surface area contributed by atoms with E-state index in [1.807, 2.05) is 12.1 Å². The Hall–Kier alpha value is -1.38. The van der Waals surface area contributed by atoms with Crippen molar-refractivity contribution in [2.24, 2.45) is 0 Å². The molecule has 0 aliphatic heterocycles. The number of hydrogen-bond donors (Lipinski definition) is 0. The number of aromatic nitrogens is 1. The van der Waals surface area contributed by atoms with E-state index in [-0.39, 0.29) is 5.91 Å². The third-order valence-corrected chi connectivity index (χ3v) is 2.15. The fourth-order valence-electron chi connectivity index (χ4n) is 1.19. The van der Waals surface area contributed by atoms with E-state index >= 15 is 0 Å². The van der Waals surface area contributed by atoms with E-state index in [1.54, 1.807) is 24.3 Å². The van der Waals surface area contributed by atoms with Crippen LogP contribution in [0.15, 0.2) is 24.5 Å². The molecule has 0 bridgehead atoms. The summed E-state index contributed by atoms with van der Waals surface area (Å²) < 4.78 is 0. The summed E-state index contributed by atoms with van der Waals surface area (Å²) in [5.41, 5.74) is 0.855. The zero-order valence-electron chi connectivity index (χ0n) is 8.73. The number of hydrogen-bond acceptors (Lipinski definition) is 2. The van der Waals surface area contributed by atoms with Gasteiger partial charge in [0.15, 0.2) is 0 Å². The van der Waals surface area contributed by atoms with Crippen molar-refractivity contribution in [3.05, 3.63) is 24.5 Å². The summed E-state index contributed by atoms with van der Waals surface area (Å²) in [7, 11) is 1.79. The van der Waals surface area contributed by atoms with Crippen molar-refractivity contribution in [3.8, 4) is 0 Å². The van der Waals surface area contributed by atoms with Gasteiger partial charge >= 0.3 is 0 Å². The van der Waals surface area contributed by atoms with Crippen LogP contribution in [0.5, 0.6) is 0 Å². The molecule has 1 aromatic rings. The second-order valence-electron chi connectivity index (χ2n) is 3.27. The molecule has 0 atom stereocenters. The van der Waals surface area contributed by atoms with Crippen LogP contribution in [0.1, 0.15) is 26.2 Å². The van der Waals surface area contributed by atoms with E-state index in [4.69, 9.17) is 0 Å². The lowest BCUT2D eigenvalue weighted by molar-refractivity contribution is -0.118. The Morgan fingerprint density at radius 1 is 1.57 bits per heavy atom. The van der Waals surface area contributed by atoms with E-state index < -0.39 is 0 Å². The number of unbranched alkanes of at least 4 members (excludes halogenated alkanes) is 1. The SMILES string of the molecule is CCCCC(=O)N(C)c1cccnc1. The highest BCUT2D eigenvalue weighted by Gasteiger charge is 2.09. The van der Waals surface area contributed by atoms with Crippen molar-refractivity contribution in [3.63, 3.8) is 0 Å². The Morgan fingerprint density at radius 3 is 2.93 bits per heavy atom. The standard InChI is InChI=1S/C11H16N2O/c1-3-4-7-11(14)13(2)10-6-5-8-12-9-10/h5-6,8-9H,3-4,7H2,1-2H3. The summed E-state index contributed by atoms with van der Waals surface area (Å²) in [6.45, 7) is 2.08. The van der Waals surface area contributed by atoms with Gasteiger partial charge in [0.25, 0.3) is 0 Å². The predicted molar refractivity (Wildman–Crippen MR) is 57.2 cm³/mol. The molecule has 0 aliphatic rings. The fraction of sp³-hybridized carbons (Fsp3) is 0.455. The smallest absolute Gasteiger partial charge is 0.226 e. The van der Waals surface area contributed by atoms with Crippen LogP contribution in [0.3, 0.4) is 0 Å². The van der Waals surface area contributed by atoms with E-state index in [1.165, 1.54) is 0 Å². The third-order valence-electron chi connectivity index (χ3n) is 2.15. The average Bonchev–Trinajstić information content (AvgIpc) is 2.26. The molecule has 0 saturated carbocycles. The van der Waals surface area contributed by atoms with Crippen molar-refractivity contribution in [1.82, 2.24) is 4.98 Å². The fourth-order valence-corrected chi connectivity index (χ4v) is 1.19. The highest BCUT2D eigenvalue weighted by atomic mass is 16.2. The van der Waals surface area contributed by atoms with Crippen molar-refractivity contribution in [2.75, 3.05) is 11.9 Å². The van der Waals surface area contributed by atoms with Gasteiger partial charge in [-0.3, -0.25) is 9.78 Å². The normalized spacial score (nSPS) is 9.86. The molecule has 0 unspecified atom stereocenters. The number of carbonyl (C=O) groups excluding carboxylic acids is 1. The molecule has 3 nitrogen and oxygen atoms in total. The molecule has 0 radical (unpaired) electrons. The van der Waals surface area contributed by atoms with Crippen LogP contribution >= 0.6 is 0 Å². The van der Waals surface area contributed by atoms with Gasteiger partial charge in [-0.1, -0.05) is 13.3 Å². The molecule has 1 aromatic heterocycles. The lowest BCUT2D eigenvalue weighted by atomic mass is 10.2. The Bertz CT molecular complexity index is 285. The van der Waals surface area contributed by atoms with E-state index in [2.05, 4.69) is 11.9 Å². The number of amides is 1. The molecule has 1 heterocycles. The highest BCUT2D eigenvalue weighted by molar-refractivity contribution is 5.92. The Morgan fingerprint density at radius 2 is 2.36 bits per heavy atom. The first-order chi connectivity index (χ1) is 6.75. The first kappa shape index (κ1) is 10.7. The molecular weight excluding hydrogens is 176 g/mol. The molecule has 0 fully saturated rings. The van der Waals surface area contributed by atoms with E-state index in [9.17, 15) is 4.79 Å². The van der Waals surface area contributed by atoms with Gasteiger partial charge in [0, 0.05) is 19.7 Å². The van der Waals surface area contributed by atoms with Crippen LogP contribution in [0, 0.1) is 0 Å². The quantitative estimate of drug-likeness (QED) is 0.733. The second-order valence-corrected chi connectivity index (χ2v) is 3.27. The van der Waals surface area contributed by atoms with Crippen LogP contribution in [-0.4, -0.2) is 17.9 Å². The minimum absolute atomic E-state index is 0.153. The zero-order chi connectivity index (χ0) is 10.4. The minimum Gasteiger partial charge on any atom is -0.314 e. The molecule has 0 N–H and O–H groups in total. The van der Waals surface area contributed by atoms with Crippen LogP contribution in [0.2, 0.25) is 0 Å². The molecule has 14 heavy (non-hydrogen) atoms. The Kier molecular flexibility index (Phi) is 4.11. The molecule has 76 valence electrons. The summed E-state index contributed by atoms with van der Waals surface area (Å²) in [6, 6.07) is 3.72. The molecule has 1 rings (SSSR count). The monoisotopic (exact) mass is 192 g/mol. The van der Waals surface area contributed by atoms with Crippen LogP contribution in [-0.2, 0) is 4.79 Å². The Labute approximate surface area is 84.8 Å². The summed E-state index contributed by atoms with van der Waals surface area (Å²) in [4.78, 5) is 17.2. The third kappa shape index (κ3) is 2.83. The molecule has 0 aromatic carbocycles. The number of anilines is 1. The number of nitrogens with zero attached hydrogens (tertiary/aromatic N) is 2. The first-order valence-corrected chi connectivity index (χ1v) is 4.92. The highest BCUT2D eigenvalue weighted by Crippen LogP contribution is 2.11. The minimum atomic E-state index is 0.153. The van der Waals surface area contributed by atoms with Gasteiger partial charge < -0.3 is 4.90 Å². The van der Waals surface area contributed by atoms with Gasteiger partial charge in [-0.2, -0.15) is 0 Å². The Balaban J connectivity index is 2.57. The van der Waals surface area contributed by atoms with Gasteiger partial charge in [0.1, 0.15) is 0 Å². The van der Waals surface area contributed by atoms with Crippen molar-refractivity contribution in [1.29, 1.82) is 0 Å². The number of carbonyl (C=O) groups is 1. The molecule has 0 saturated heterocycles. The van der Waals surface area contributed by atoms with Crippen molar-refractivity contribution < 1.29 is 4.79 Å².